The number of ether oxygens (including phenoxy) is 1. The molecule has 21 heavy (non-hydrogen) atoms. The van der Waals surface area contributed by atoms with Gasteiger partial charge in [0.15, 0.2) is 0 Å². The maximum absolute atomic E-state index is 12.3. The lowest BCUT2D eigenvalue weighted by atomic mass is 10.2. The molecular formula is C15H20N4O2. The van der Waals surface area contributed by atoms with Crippen molar-refractivity contribution < 1.29 is 9.53 Å². The van der Waals surface area contributed by atoms with E-state index in [4.69, 9.17) is 4.74 Å². The van der Waals surface area contributed by atoms with Crippen molar-refractivity contribution >= 4 is 22.9 Å². The van der Waals surface area contributed by atoms with E-state index in [-0.39, 0.29) is 11.9 Å². The number of anilines is 1. The average Bonchev–Trinajstić information content (AvgIpc) is 2.86. The summed E-state index contributed by atoms with van der Waals surface area (Å²) >= 11 is 0. The van der Waals surface area contributed by atoms with Crippen LogP contribution >= 0.6 is 0 Å². The van der Waals surface area contributed by atoms with Crippen LogP contribution in [0.25, 0.3) is 11.0 Å². The highest BCUT2D eigenvalue weighted by Crippen LogP contribution is 2.20. The van der Waals surface area contributed by atoms with Gasteiger partial charge in [0, 0.05) is 13.1 Å². The van der Waals surface area contributed by atoms with E-state index in [2.05, 4.69) is 27.1 Å². The number of aromatic nitrogens is 2. The van der Waals surface area contributed by atoms with E-state index >= 15 is 0 Å². The minimum Gasteiger partial charge on any atom is -0.378 e. The first-order chi connectivity index (χ1) is 10.3. The third-order valence-corrected chi connectivity index (χ3v) is 3.57. The van der Waals surface area contributed by atoms with E-state index in [0.29, 0.717) is 25.7 Å². The Balaban J connectivity index is 1.85. The maximum atomic E-state index is 12.3. The smallest absolute Gasteiger partial charge is 0.246 e. The highest BCUT2D eigenvalue weighted by molar-refractivity contribution is 5.95. The largest absolute Gasteiger partial charge is 0.378 e. The van der Waals surface area contributed by atoms with E-state index in [1.807, 2.05) is 24.3 Å². The SMILES string of the molecule is CCCn1c(NC(=O)[C@@H]2COCCN2)nc2ccccc21. The molecule has 0 saturated carbocycles. The van der Waals surface area contributed by atoms with E-state index in [1.165, 1.54) is 0 Å². The first-order valence-corrected chi connectivity index (χ1v) is 7.37. The molecule has 0 unspecified atom stereocenters. The fraction of sp³-hybridized carbons (Fsp3) is 0.467. The molecule has 1 aromatic heterocycles. The van der Waals surface area contributed by atoms with E-state index < -0.39 is 0 Å². The topological polar surface area (TPSA) is 68.2 Å². The van der Waals surface area contributed by atoms with Crippen molar-refractivity contribution in [1.82, 2.24) is 14.9 Å². The van der Waals surface area contributed by atoms with Gasteiger partial charge in [-0.1, -0.05) is 19.1 Å². The number of hydrogen-bond donors (Lipinski definition) is 2. The number of amides is 1. The molecule has 0 bridgehead atoms. The molecule has 1 atom stereocenters. The Morgan fingerprint density at radius 2 is 2.38 bits per heavy atom. The van der Waals surface area contributed by atoms with Crippen LogP contribution in [-0.2, 0) is 16.1 Å². The summed E-state index contributed by atoms with van der Waals surface area (Å²) < 4.78 is 7.38. The second-order valence-electron chi connectivity index (χ2n) is 5.15. The van der Waals surface area contributed by atoms with E-state index in [9.17, 15) is 4.79 Å². The summed E-state index contributed by atoms with van der Waals surface area (Å²) in [5.41, 5.74) is 1.94. The van der Waals surface area contributed by atoms with Crippen LogP contribution < -0.4 is 10.6 Å². The molecule has 1 fully saturated rings. The Morgan fingerprint density at radius 1 is 1.52 bits per heavy atom. The van der Waals surface area contributed by atoms with E-state index in [1.54, 1.807) is 0 Å². The number of hydrogen-bond acceptors (Lipinski definition) is 4. The fourth-order valence-corrected chi connectivity index (χ4v) is 2.55. The zero-order chi connectivity index (χ0) is 14.7. The second kappa shape index (κ2) is 6.24. The number of carbonyl (C=O) groups is 1. The summed E-state index contributed by atoms with van der Waals surface area (Å²) in [5.74, 6) is 0.512. The number of morpholine rings is 1. The molecule has 2 heterocycles. The predicted octanol–water partition coefficient (Wildman–Crippen LogP) is 1.37. The number of imidazole rings is 1. The van der Waals surface area contributed by atoms with Crippen molar-refractivity contribution in [2.75, 3.05) is 25.1 Å². The van der Waals surface area contributed by atoms with Crippen molar-refractivity contribution in [3.63, 3.8) is 0 Å². The second-order valence-corrected chi connectivity index (χ2v) is 5.15. The van der Waals surface area contributed by atoms with Crippen molar-refractivity contribution in [3.05, 3.63) is 24.3 Å². The van der Waals surface area contributed by atoms with Gasteiger partial charge in [-0.2, -0.15) is 0 Å². The van der Waals surface area contributed by atoms with Crippen molar-refractivity contribution in [3.8, 4) is 0 Å². The molecule has 1 aromatic carbocycles. The summed E-state index contributed by atoms with van der Waals surface area (Å²) in [4.78, 5) is 16.8. The molecule has 6 nitrogen and oxygen atoms in total. The van der Waals surface area contributed by atoms with Crippen LogP contribution in [0.4, 0.5) is 5.95 Å². The van der Waals surface area contributed by atoms with Gasteiger partial charge in [0.25, 0.3) is 0 Å². The molecule has 2 N–H and O–H groups in total. The van der Waals surface area contributed by atoms with Crippen LogP contribution in [0.3, 0.4) is 0 Å². The number of carbonyl (C=O) groups excluding carboxylic acids is 1. The quantitative estimate of drug-likeness (QED) is 0.891. The number of fused-ring (bicyclic) bond motifs is 1. The van der Waals surface area contributed by atoms with Gasteiger partial charge in [-0.05, 0) is 18.6 Å². The molecule has 2 aromatic rings. The van der Waals surface area contributed by atoms with Crippen LogP contribution in [0.1, 0.15) is 13.3 Å². The van der Waals surface area contributed by atoms with Crippen LogP contribution in [0, 0.1) is 0 Å². The Hall–Kier alpha value is -1.92. The predicted molar refractivity (Wildman–Crippen MR) is 81.3 cm³/mol. The number of nitrogens with one attached hydrogen (secondary N) is 2. The summed E-state index contributed by atoms with van der Waals surface area (Å²) in [6, 6.07) is 7.61. The van der Waals surface area contributed by atoms with Gasteiger partial charge in [0.1, 0.15) is 6.04 Å². The summed E-state index contributed by atoms with van der Waals surface area (Å²) in [5, 5.41) is 6.08. The van der Waals surface area contributed by atoms with Gasteiger partial charge in [0.2, 0.25) is 11.9 Å². The van der Waals surface area contributed by atoms with Gasteiger partial charge in [0.05, 0.1) is 24.2 Å². The lowest BCUT2D eigenvalue weighted by Crippen LogP contribution is -2.49. The Labute approximate surface area is 123 Å². The molecule has 0 radical (unpaired) electrons. The van der Waals surface area contributed by atoms with Crippen molar-refractivity contribution in [1.29, 1.82) is 0 Å². The Morgan fingerprint density at radius 3 is 3.14 bits per heavy atom. The molecule has 0 aliphatic carbocycles. The molecule has 0 spiro atoms. The Kier molecular flexibility index (Phi) is 4.17. The molecular weight excluding hydrogens is 268 g/mol. The van der Waals surface area contributed by atoms with Gasteiger partial charge >= 0.3 is 0 Å². The number of para-hydroxylation sites is 2. The minimum atomic E-state index is -0.311. The summed E-state index contributed by atoms with van der Waals surface area (Å²) in [7, 11) is 0. The first-order valence-electron chi connectivity index (χ1n) is 7.37. The molecule has 1 amide bonds. The maximum Gasteiger partial charge on any atom is 0.246 e. The lowest BCUT2D eigenvalue weighted by Gasteiger charge is -2.22. The number of nitrogens with zero attached hydrogens (tertiary/aromatic N) is 2. The molecule has 6 heteroatoms. The molecule has 1 aliphatic rings. The number of aryl methyl sites for hydroxylation is 1. The molecule has 3 rings (SSSR count). The fourth-order valence-electron chi connectivity index (χ4n) is 2.55. The van der Waals surface area contributed by atoms with Gasteiger partial charge in [-0.3, -0.25) is 10.1 Å². The third-order valence-electron chi connectivity index (χ3n) is 3.57. The van der Waals surface area contributed by atoms with Crippen LogP contribution in [0.5, 0.6) is 0 Å². The van der Waals surface area contributed by atoms with Crippen LogP contribution in [-0.4, -0.2) is 41.3 Å². The lowest BCUT2D eigenvalue weighted by molar-refractivity contribution is -0.120. The molecule has 1 saturated heterocycles. The third kappa shape index (κ3) is 2.91. The standard InChI is InChI=1S/C15H20N4O2/c1-2-8-19-13-6-4-3-5-11(13)17-15(19)18-14(20)12-10-21-9-7-16-12/h3-6,12,16H,2,7-10H2,1H3,(H,17,18,20)/t12-/m0/s1. The first kappa shape index (κ1) is 14.0. The number of benzene rings is 1. The zero-order valence-corrected chi connectivity index (χ0v) is 12.1. The minimum absolute atomic E-state index is 0.0950. The highest BCUT2D eigenvalue weighted by Gasteiger charge is 2.23. The van der Waals surface area contributed by atoms with Crippen LogP contribution in [0.2, 0.25) is 0 Å². The van der Waals surface area contributed by atoms with Gasteiger partial charge in [-0.15, -0.1) is 0 Å². The summed E-state index contributed by atoms with van der Waals surface area (Å²) in [6.45, 7) is 4.68. The monoisotopic (exact) mass is 288 g/mol. The van der Waals surface area contributed by atoms with E-state index in [0.717, 1.165) is 24.0 Å². The average molecular weight is 288 g/mol. The zero-order valence-electron chi connectivity index (χ0n) is 12.1. The Bertz CT molecular complexity index is 632. The normalized spacial score (nSPS) is 18.8. The van der Waals surface area contributed by atoms with Crippen LogP contribution in [0.15, 0.2) is 24.3 Å². The highest BCUT2D eigenvalue weighted by atomic mass is 16.5. The number of rotatable bonds is 4. The van der Waals surface area contributed by atoms with Crippen molar-refractivity contribution in [2.24, 2.45) is 0 Å². The van der Waals surface area contributed by atoms with Gasteiger partial charge < -0.3 is 14.6 Å². The molecule has 112 valence electrons. The van der Waals surface area contributed by atoms with Crippen molar-refractivity contribution in [2.45, 2.75) is 25.9 Å². The summed E-state index contributed by atoms with van der Waals surface area (Å²) in [6.07, 6.45) is 0.980. The molecule has 1 aliphatic heterocycles. The van der Waals surface area contributed by atoms with Gasteiger partial charge in [-0.25, -0.2) is 4.98 Å².